The number of hydrogen-bond acceptors (Lipinski definition) is 9. The molecule has 46 heavy (non-hydrogen) atoms. The van der Waals surface area contributed by atoms with Crippen molar-refractivity contribution in [1.29, 1.82) is 0 Å². The van der Waals surface area contributed by atoms with E-state index in [0.717, 1.165) is 17.5 Å². The zero-order valence-electron chi connectivity index (χ0n) is 27.3. The Morgan fingerprint density at radius 1 is 0.978 bits per heavy atom. The van der Waals surface area contributed by atoms with Crippen LogP contribution in [0.2, 0.25) is 0 Å². The van der Waals surface area contributed by atoms with Crippen molar-refractivity contribution in [2.75, 3.05) is 45.3 Å². The predicted octanol–water partition coefficient (Wildman–Crippen LogP) is 2.30. The minimum Gasteiger partial charge on any atom is -0.381 e. The number of amides is 5. The van der Waals surface area contributed by atoms with Gasteiger partial charge < -0.3 is 25.4 Å². The molecule has 0 radical (unpaired) electrons. The maximum absolute atomic E-state index is 12.8. The highest BCUT2D eigenvalue weighted by atomic mass is 32.2. The van der Waals surface area contributed by atoms with Crippen molar-refractivity contribution in [3.05, 3.63) is 35.4 Å². The van der Waals surface area contributed by atoms with Gasteiger partial charge in [-0.05, 0) is 31.2 Å². The van der Waals surface area contributed by atoms with E-state index < -0.39 is 11.3 Å². The van der Waals surface area contributed by atoms with Crippen LogP contribution in [0.25, 0.3) is 0 Å². The van der Waals surface area contributed by atoms with Crippen LogP contribution in [0.15, 0.2) is 24.3 Å². The number of ketones is 1. The Labute approximate surface area is 276 Å². The van der Waals surface area contributed by atoms with E-state index in [4.69, 9.17) is 9.47 Å². The average Bonchev–Trinajstić information content (AvgIpc) is 3.28. The Kier molecular flexibility index (Phi) is 18.8. The van der Waals surface area contributed by atoms with E-state index in [-0.39, 0.29) is 87.8 Å². The molecule has 13 heteroatoms. The van der Waals surface area contributed by atoms with Crippen molar-refractivity contribution >= 4 is 47.6 Å². The van der Waals surface area contributed by atoms with E-state index in [9.17, 15) is 28.8 Å². The van der Waals surface area contributed by atoms with Gasteiger partial charge >= 0.3 is 0 Å². The minimum atomic E-state index is -0.589. The molecule has 1 aromatic carbocycles. The van der Waals surface area contributed by atoms with Gasteiger partial charge in [0.25, 0.3) is 0 Å². The second kappa shape index (κ2) is 22.3. The highest BCUT2D eigenvalue weighted by molar-refractivity contribution is 8.00. The first-order valence-electron chi connectivity index (χ1n) is 16.0. The minimum absolute atomic E-state index is 0.0400. The predicted molar refractivity (Wildman–Crippen MR) is 176 cm³/mol. The Hall–Kier alpha value is -3.29. The number of nitrogens with zero attached hydrogens (tertiary/aromatic N) is 1. The quantitative estimate of drug-likeness (QED) is 0.0811. The number of likely N-dealkylation sites (tertiary alicyclic amines) is 1. The number of hydrogen-bond donors (Lipinski definition) is 3. The van der Waals surface area contributed by atoms with Crippen LogP contribution in [-0.2, 0) is 44.8 Å². The Morgan fingerprint density at radius 2 is 1.67 bits per heavy atom. The number of nitrogens with one attached hydrogen (secondary N) is 3. The molecule has 0 saturated carbocycles. The van der Waals surface area contributed by atoms with Crippen LogP contribution in [0.3, 0.4) is 0 Å². The first kappa shape index (κ1) is 38.9. The molecular formula is C33H50N4O8S. The lowest BCUT2D eigenvalue weighted by Gasteiger charge is -2.18. The standard InChI is InChI=1S/C33H50N4O8S/c1-24(2)10-15-44-16-11-28(39)19-27(36-23-38)22-46-29-20-32(42)37(33(29)43)14-4-5-30(40)34-13-18-45-17-12-31(41)35-21-26-8-6-25(3)7-9-26/h6-9,23-24,27,29H,4-5,10-22H2,1-3H3,(H,34,40)(H,35,41)(H,36,38). The van der Waals surface area contributed by atoms with Gasteiger partial charge in [0, 0.05) is 70.1 Å². The number of ether oxygens (including phenoxy) is 2. The molecule has 1 aromatic rings. The number of benzene rings is 1. The largest absolute Gasteiger partial charge is 0.381 e. The molecule has 0 spiro atoms. The van der Waals surface area contributed by atoms with E-state index in [1.165, 1.54) is 16.7 Å². The van der Waals surface area contributed by atoms with Gasteiger partial charge in [0.05, 0.1) is 25.1 Å². The first-order valence-corrected chi connectivity index (χ1v) is 17.1. The first-order chi connectivity index (χ1) is 22.1. The molecule has 1 aliphatic heterocycles. The third-order valence-electron chi connectivity index (χ3n) is 7.28. The molecule has 2 unspecified atom stereocenters. The molecule has 2 atom stereocenters. The van der Waals surface area contributed by atoms with Gasteiger partial charge in [-0.1, -0.05) is 43.7 Å². The van der Waals surface area contributed by atoms with Crippen molar-refractivity contribution in [3.63, 3.8) is 0 Å². The number of aryl methyl sites for hydroxylation is 1. The zero-order valence-corrected chi connectivity index (χ0v) is 28.2. The summed E-state index contributed by atoms with van der Waals surface area (Å²) in [4.78, 5) is 74.1. The fourth-order valence-electron chi connectivity index (χ4n) is 4.51. The SMILES string of the molecule is Cc1ccc(CNC(=O)CCOCCNC(=O)CCCN2C(=O)CC(SCC(CC(=O)CCOCCC(C)C)NC=O)C2=O)cc1. The fourth-order valence-corrected chi connectivity index (χ4v) is 5.72. The lowest BCUT2D eigenvalue weighted by Crippen LogP contribution is -2.35. The molecule has 1 aliphatic rings. The molecule has 0 aliphatic carbocycles. The van der Waals surface area contributed by atoms with Gasteiger partial charge in [0.15, 0.2) is 0 Å². The molecule has 256 valence electrons. The van der Waals surface area contributed by atoms with Crippen LogP contribution in [0.5, 0.6) is 0 Å². The summed E-state index contributed by atoms with van der Waals surface area (Å²) in [6.45, 7) is 8.53. The van der Waals surface area contributed by atoms with E-state index in [2.05, 4.69) is 29.8 Å². The second-order valence-corrected chi connectivity index (χ2v) is 13.0. The summed E-state index contributed by atoms with van der Waals surface area (Å²) in [7, 11) is 0. The molecule has 3 N–H and O–H groups in total. The summed E-state index contributed by atoms with van der Waals surface area (Å²) in [5.41, 5.74) is 2.18. The molecular weight excluding hydrogens is 612 g/mol. The summed E-state index contributed by atoms with van der Waals surface area (Å²) in [6, 6.07) is 7.48. The fraction of sp³-hybridized carbons (Fsp3) is 0.636. The number of imide groups is 1. The van der Waals surface area contributed by atoms with Crippen molar-refractivity contribution in [1.82, 2.24) is 20.9 Å². The van der Waals surface area contributed by atoms with Crippen LogP contribution in [0.1, 0.15) is 69.9 Å². The third-order valence-corrected chi connectivity index (χ3v) is 8.65. The van der Waals surface area contributed by atoms with Gasteiger partial charge in [0.2, 0.25) is 30.0 Å². The summed E-state index contributed by atoms with van der Waals surface area (Å²) in [6.07, 6.45) is 2.57. The average molecular weight is 663 g/mol. The summed E-state index contributed by atoms with van der Waals surface area (Å²) < 4.78 is 10.9. The highest BCUT2D eigenvalue weighted by Gasteiger charge is 2.38. The summed E-state index contributed by atoms with van der Waals surface area (Å²) >= 11 is 1.25. The van der Waals surface area contributed by atoms with Crippen LogP contribution in [0, 0.1) is 12.8 Å². The third kappa shape index (κ3) is 16.3. The molecule has 0 bridgehead atoms. The van der Waals surface area contributed by atoms with Gasteiger partial charge in [-0.25, -0.2) is 0 Å². The molecule has 0 aromatic heterocycles. The lowest BCUT2D eigenvalue weighted by atomic mass is 10.1. The molecule has 1 saturated heterocycles. The van der Waals surface area contributed by atoms with Crippen molar-refractivity contribution in [2.24, 2.45) is 5.92 Å². The van der Waals surface area contributed by atoms with Gasteiger partial charge in [-0.15, -0.1) is 11.8 Å². The molecule has 5 amide bonds. The van der Waals surface area contributed by atoms with Gasteiger partial charge in [-0.2, -0.15) is 0 Å². The normalized spacial score (nSPS) is 15.2. The van der Waals surface area contributed by atoms with Crippen LogP contribution in [0.4, 0.5) is 0 Å². The zero-order chi connectivity index (χ0) is 33.7. The van der Waals surface area contributed by atoms with Crippen LogP contribution in [-0.4, -0.2) is 97.3 Å². The summed E-state index contributed by atoms with van der Waals surface area (Å²) in [5, 5.41) is 7.63. The maximum atomic E-state index is 12.8. The number of thioether (sulfide) groups is 1. The Bertz CT molecular complexity index is 1130. The second-order valence-electron chi connectivity index (χ2n) is 11.8. The number of Topliss-reactive ketones (excluding diaryl/α,β-unsaturated/α-hetero) is 1. The van der Waals surface area contributed by atoms with E-state index in [0.29, 0.717) is 44.3 Å². The maximum Gasteiger partial charge on any atom is 0.242 e. The van der Waals surface area contributed by atoms with Crippen LogP contribution < -0.4 is 16.0 Å². The highest BCUT2D eigenvalue weighted by Crippen LogP contribution is 2.26. The van der Waals surface area contributed by atoms with Gasteiger partial charge in [0.1, 0.15) is 5.78 Å². The monoisotopic (exact) mass is 662 g/mol. The van der Waals surface area contributed by atoms with E-state index in [1.54, 1.807) is 0 Å². The molecule has 1 heterocycles. The topological polar surface area (TPSA) is 160 Å². The Morgan fingerprint density at radius 3 is 2.39 bits per heavy atom. The van der Waals surface area contributed by atoms with Crippen LogP contribution >= 0.6 is 11.8 Å². The summed E-state index contributed by atoms with van der Waals surface area (Å²) in [5.74, 6) is -0.143. The number of rotatable bonds is 25. The Balaban J connectivity index is 1.56. The lowest BCUT2D eigenvalue weighted by molar-refractivity contribution is -0.138. The molecule has 12 nitrogen and oxygen atoms in total. The van der Waals surface area contributed by atoms with Crippen molar-refractivity contribution in [2.45, 2.75) is 83.6 Å². The van der Waals surface area contributed by atoms with E-state index >= 15 is 0 Å². The number of carbonyl (C=O) groups excluding carboxylic acids is 6. The van der Waals surface area contributed by atoms with Gasteiger partial charge in [-0.3, -0.25) is 33.7 Å². The number of carbonyl (C=O) groups is 6. The molecule has 1 fully saturated rings. The van der Waals surface area contributed by atoms with Crippen molar-refractivity contribution in [3.8, 4) is 0 Å². The van der Waals surface area contributed by atoms with E-state index in [1.807, 2.05) is 31.2 Å². The molecule has 2 rings (SSSR count). The van der Waals surface area contributed by atoms with Crippen molar-refractivity contribution < 1.29 is 38.2 Å². The smallest absolute Gasteiger partial charge is 0.242 e.